The Morgan fingerprint density at radius 1 is 1.26 bits per heavy atom. The number of esters is 1. The van der Waals surface area contributed by atoms with Gasteiger partial charge < -0.3 is 4.74 Å². The highest BCUT2D eigenvalue weighted by molar-refractivity contribution is 9.10. The summed E-state index contributed by atoms with van der Waals surface area (Å²) < 4.78 is 6.03. The van der Waals surface area contributed by atoms with E-state index in [9.17, 15) is 4.79 Å². The van der Waals surface area contributed by atoms with Crippen molar-refractivity contribution in [2.24, 2.45) is 0 Å². The highest BCUT2D eigenvalue weighted by Crippen LogP contribution is 2.37. The van der Waals surface area contributed by atoms with Crippen LogP contribution in [0.25, 0.3) is 0 Å². The van der Waals surface area contributed by atoms with Gasteiger partial charge in [0.15, 0.2) is 0 Å². The fraction of sp³-hybridized carbons (Fsp3) is 0.438. The average Bonchev–Trinajstić information content (AvgIpc) is 2.42. The molecule has 0 bridgehead atoms. The fourth-order valence-corrected chi connectivity index (χ4v) is 2.92. The smallest absolute Gasteiger partial charge is 0.330 e. The first-order valence-electron chi connectivity index (χ1n) is 6.70. The molecule has 0 N–H and O–H groups in total. The summed E-state index contributed by atoms with van der Waals surface area (Å²) in [5.41, 5.74) is 1.08. The number of allylic oxidation sites excluding steroid dienone is 1. The van der Waals surface area contributed by atoms with Crippen molar-refractivity contribution in [1.29, 1.82) is 0 Å². The van der Waals surface area contributed by atoms with Gasteiger partial charge in [-0.15, -0.1) is 0 Å². The summed E-state index contributed by atoms with van der Waals surface area (Å²) in [4.78, 5) is 11.5. The average molecular weight is 325 g/mol. The van der Waals surface area contributed by atoms with Crippen molar-refractivity contribution in [3.63, 3.8) is 0 Å². The molecule has 0 fully saturated rings. The van der Waals surface area contributed by atoms with Gasteiger partial charge in [0, 0.05) is 16.0 Å². The number of benzene rings is 1. The second-order valence-electron chi connectivity index (χ2n) is 4.43. The molecule has 0 aliphatic rings. The SMILES string of the molecule is CCOC(=O)/C=C/C(CC)(CC)c1ccccc1Br. The van der Waals surface area contributed by atoms with Crippen molar-refractivity contribution in [2.75, 3.05) is 6.61 Å². The lowest BCUT2D eigenvalue weighted by atomic mass is 9.75. The first kappa shape index (κ1) is 16.0. The van der Waals surface area contributed by atoms with Crippen LogP contribution in [0.3, 0.4) is 0 Å². The molecule has 0 spiro atoms. The van der Waals surface area contributed by atoms with Crippen LogP contribution in [0.15, 0.2) is 40.9 Å². The minimum Gasteiger partial charge on any atom is -0.463 e. The monoisotopic (exact) mass is 324 g/mol. The molecule has 19 heavy (non-hydrogen) atoms. The third-order valence-electron chi connectivity index (χ3n) is 3.50. The molecule has 2 nitrogen and oxygen atoms in total. The van der Waals surface area contributed by atoms with Crippen LogP contribution in [0.5, 0.6) is 0 Å². The summed E-state index contributed by atoms with van der Waals surface area (Å²) >= 11 is 3.60. The third-order valence-corrected chi connectivity index (χ3v) is 4.19. The molecule has 0 radical (unpaired) electrons. The normalized spacial score (nSPS) is 11.8. The predicted octanol–water partition coefficient (Wildman–Crippen LogP) is 4.63. The van der Waals surface area contributed by atoms with Gasteiger partial charge >= 0.3 is 5.97 Å². The summed E-state index contributed by atoms with van der Waals surface area (Å²) in [5, 5.41) is 0. The van der Waals surface area contributed by atoms with E-state index in [1.165, 1.54) is 5.56 Å². The molecule has 1 rings (SSSR count). The van der Waals surface area contributed by atoms with Crippen molar-refractivity contribution in [1.82, 2.24) is 0 Å². The van der Waals surface area contributed by atoms with Crippen molar-refractivity contribution < 1.29 is 9.53 Å². The molecule has 0 heterocycles. The van der Waals surface area contributed by atoms with E-state index >= 15 is 0 Å². The first-order chi connectivity index (χ1) is 9.09. The van der Waals surface area contributed by atoms with Gasteiger partial charge in [-0.05, 0) is 31.4 Å². The van der Waals surface area contributed by atoms with Crippen LogP contribution in [0.1, 0.15) is 39.2 Å². The largest absolute Gasteiger partial charge is 0.463 e. The van der Waals surface area contributed by atoms with Gasteiger partial charge in [-0.25, -0.2) is 4.79 Å². The lowest BCUT2D eigenvalue weighted by Crippen LogP contribution is -2.22. The third kappa shape index (κ3) is 3.93. The number of carbonyl (C=O) groups excluding carboxylic acids is 1. The van der Waals surface area contributed by atoms with E-state index in [0.717, 1.165) is 17.3 Å². The second-order valence-corrected chi connectivity index (χ2v) is 5.28. The molecule has 104 valence electrons. The van der Waals surface area contributed by atoms with Crippen molar-refractivity contribution in [2.45, 2.75) is 39.0 Å². The van der Waals surface area contributed by atoms with E-state index in [-0.39, 0.29) is 11.4 Å². The van der Waals surface area contributed by atoms with E-state index < -0.39 is 0 Å². The molecular formula is C16H21BrO2. The van der Waals surface area contributed by atoms with Gasteiger partial charge in [0.25, 0.3) is 0 Å². The standard InChI is InChI=1S/C16H21BrO2/c1-4-16(5-2,12-11-15(18)19-6-3)13-9-7-8-10-14(13)17/h7-12H,4-6H2,1-3H3/b12-11+. The Balaban J connectivity index is 3.11. The summed E-state index contributed by atoms with van der Waals surface area (Å²) in [6.45, 7) is 6.49. The Bertz CT molecular complexity index is 448. The topological polar surface area (TPSA) is 26.3 Å². The minimum atomic E-state index is -0.277. The van der Waals surface area contributed by atoms with E-state index in [2.05, 4.69) is 35.8 Å². The van der Waals surface area contributed by atoms with Gasteiger partial charge in [0.1, 0.15) is 0 Å². The van der Waals surface area contributed by atoms with Crippen molar-refractivity contribution >= 4 is 21.9 Å². The predicted molar refractivity (Wildman–Crippen MR) is 82.2 cm³/mol. The van der Waals surface area contributed by atoms with E-state index in [1.807, 2.05) is 31.2 Å². The molecule has 0 saturated heterocycles. The molecule has 0 aliphatic heterocycles. The van der Waals surface area contributed by atoms with Gasteiger partial charge in [-0.1, -0.05) is 54.1 Å². The van der Waals surface area contributed by atoms with Crippen molar-refractivity contribution in [3.8, 4) is 0 Å². The summed E-state index contributed by atoms with van der Waals surface area (Å²) in [5.74, 6) is -0.277. The summed E-state index contributed by atoms with van der Waals surface area (Å²) in [7, 11) is 0. The number of hydrogen-bond donors (Lipinski definition) is 0. The van der Waals surface area contributed by atoms with Crippen molar-refractivity contribution in [3.05, 3.63) is 46.5 Å². The van der Waals surface area contributed by atoms with Crippen LogP contribution in [-0.2, 0) is 14.9 Å². The molecule has 1 aromatic rings. The van der Waals surface area contributed by atoms with Crippen LogP contribution in [0.2, 0.25) is 0 Å². The first-order valence-corrected chi connectivity index (χ1v) is 7.50. The van der Waals surface area contributed by atoms with Crippen LogP contribution in [0.4, 0.5) is 0 Å². The van der Waals surface area contributed by atoms with Crippen LogP contribution < -0.4 is 0 Å². The highest BCUT2D eigenvalue weighted by atomic mass is 79.9. The van der Waals surface area contributed by atoms with E-state index in [1.54, 1.807) is 6.08 Å². The molecule has 0 aromatic heterocycles. The maximum absolute atomic E-state index is 11.5. The van der Waals surface area contributed by atoms with Gasteiger partial charge in [-0.3, -0.25) is 0 Å². The molecule has 0 atom stereocenters. The lowest BCUT2D eigenvalue weighted by Gasteiger charge is -2.30. The van der Waals surface area contributed by atoms with Gasteiger partial charge in [0.2, 0.25) is 0 Å². The lowest BCUT2D eigenvalue weighted by molar-refractivity contribution is -0.137. The number of rotatable bonds is 6. The zero-order chi connectivity index (χ0) is 14.3. The molecule has 0 aliphatic carbocycles. The van der Waals surface area contributed by atoms with Gasteiger partial charge in [0.05, 0.1) is 6.61 Å². The van der Waals surface area contributed by atoms with Crippen LogP contribution >= 0.6 is 15.9 Å². The van der Waals surface area contributed by atoms with Crippen LogP contribution in [-0.4, -0.2) is 12.6 Å². The minimum absolute atomic E-state index is 0.132. The number of carbonyl (C=O) groups is 1. The fourth-order valence-electron chi connectivity index (χ4n) is 2.24. The summed E-state index contributed by atoms with van der Waals surface area (Å²) in [6.07, 6.45) is 5.39. The van der Waals surface area contributed by atoms with E-state index in [0.29, 0.717) is 6.61 Å². The maximum atomic E-state index is 11.5. The molecule has 0 saturated carbocycles. The Hall–Kier alpha value is -1.09. The number of halogens is 1. The molecule has 0 unspecified atom stereocenters. The molecule has 0 amide bonds. The molecule has 3 heteroatoms. The van der Waals surface area contributed by atoms with E-state index in [4.69, 9.17) is 4.74 Å². The highest BCUT2D eigenvalue weighted by Gasteiger charge is 2.27. The zero-order valence-corrected chi connectivity index (χ0v) is 13.4. The maximum Gasteiger partial charge on any atom is 0.330 e. The number of ether oxygens (including phenoxy) is 1. The quantitative estimate of drug-likeness (QED) is 0.563. The Morgan fingerprint density at radius 2 is 1.89 bits per heavy atom. The van der Waals surface area contributed by atoms with Crippen LogP contribution in [0, 0.1) is 0 Å². The van der Waals surface area contributed by atoms with Gasteiger partial charge in [-0.2, -0.15) is 0 Å². The Labute approximate surface area is 124 Å². The number of hydrogen-bond acceptors (Lipinski definition) is 2. The zero-order valence-electron chi connectivity index (χ0n) is 11.8. The Kier molecular flexibility index (Phi) is 6.29. The summed E-state index contributed by atoms with van der Waals surface area (Å²) in [6, 6.07) is 8.16. The Morgan fingerprint density at radius 3 is 2.42 bits per heavy atom. The second kappa shape index (κ2) is 7.49. The molecule has 1 aromatic carbocycles. The molecular weight excluding hydrogens is 304 g/mol.